The highest BCUT2D eigenvalue weighted by atomic mass is 16.6. The summed E-state index contributed by atoms with van der Waals surface area (Å²) in [4.78, 5) is 18.4. The van der Waals surface area contributed by atoms with Gasteiger partial charge >= 0.3 is 5.97 Å². The lowest BCUT2D eigenvalue weighted by atomic mass is 10.1. The largest absolute Gasteiger partial charge is 0.459 e. The van der Waals surface area contributed by atoms with E-state index in [4.69, 9.17) is 9.26 Å². The monoisotopic (exact) mass is 267 g/mol. The molecule has 0 aliphatic carbocycles. The van der Waals surface area contributed by atoms with E-state index in [9.17, 15) is 4.79 Å². The Labute approximate surface area is 113 Å². The van der Waals surface area contributed by atoms with Gasteiger partial charge in [0.15, 0.2) is 5.82 Å². The van der Waals surface area contributed by atoms with Gasteiger partial charge in [-0.15, -0.1) is 0 Å². The fourth-order valence-electron chi connectivity index (χ4n) is 2.24. The van der Waals surface area contributed by atoms with E-state index >= 15 is 0 Å². The number of esters is 1. The molecular formula is C13H21N3O3. The molecule has 1 aromatic heterocycles. The van der Waals surface area contributed by atoms with Gasteiger partial charge in [-0.05, 0) is 40.2 Å². The summed E-state index contributed by atoms with van der Waals surface area (Å²) in [6.07, 6.45) is 1.81. The third kappa shape index (κ3) is 3.76. The van der Waals surface area contributed by atoms with Gasteiger partial charge in [-0.3, -0.25) is 9.69 Å². The molecule has 0 amide bonds. The highest BCUT2D eigenvalue weighted by molar-refractivity contribution is 5.76. The van der Waals surface area contributed by atoms with Crippen molar-refractivity contribution >= 4 is 5.97 Å². The van der Waals surface area contributed by atoms with Gasteiger partial charge in [0, 0.05) is 6.92 Å². The second-order valence-corrected chi connectivity index (χ2v) is 5.89. The van der Waals surface area contributed by atoms with Crippen molar-refractivity contribution in [1.29, 1.82) is 0 Å². The number of carbonyl (C=O) groups excluding carboxylic acids is 1. The van der Waals surface area contributed by atoms with Crippen molar-refractivity contribution in [2.45, 2.75) is 58.7 Å². The van der Waals surface area contributed by atoms with Gasteiger partial charge in [0.2, 0.25) is 5.89 Å². The molecule has 0 aromatic carbocycles. The van der Waals surface area contributed by atoms with Gasteiger partial charge in [0.25, 0.3) is 0 Å². The first-order valence-electron chi connectivity index (χ1n) is 6.61. The maximum absolute atomic E-state index is 12.1. The predicted molar refractivity (Wildman–Crippen MR) is 68.3 cm³/mol. The van der Waals surface area contributed by atoms with Crippen LogP contribution < -0.4 is 0 Å². The Balaban J connectivity index is 1.98. The van der Waals surface area contributed by atoms with Crippen LogP contribution in [-0.2, 0) is 16.1 Å². The standard InChI is InChI=1S/C13H21N3O3/c1-9-14-11(15-19-9)8-16-7-5-6-10(16)12(17)18-13(2,3)4/h10H,5-8H2,1-4H3/t10-/m0/s1. The number of likely N-dealkylation sites (tertiary alicyclic amines) is 1. The summed E-state index contributed by atoms with van der Waals surface area (Å²) in [6.45, 7) is 8.79. The molecule has 2 heterocycles. The Kier molecular flexibility index (Phi) is 3.89. The van der Waals surface area contributed by atoms with E-state index in [1.807, 2.05) is 20.8 Å². The number of aromatic nitrogens is 2. The molecule has 1 aliphatic heterocycles. The van der Waals surface area contributed by atoms with E-state index in [1.165, 1.54) is 0 Å². The minimum Gasteiger partial charge on any atom is -0.459 e. The summed E-state index contributed by atoms with van der Waals surface area (Å²) in [5.41, 5.74) is -0.450. The van der Waals surface area contributed by atoms with Crippen LogP contribution in [0.1, 0.15) is 45.3 Å². The Morgan fingerprint density at radius 1 is 1.53 bits per heavy atom. The van der Waals surface area contributed by atoms with Crippen molar-refractivity contribution in [2.75, 3.05) is 6.54 Å². The zero-order valence-electron chi connectivity index (χ0n) is 12.0. The maximum atomic E-state index is 12.1. The van der Waals surface area contributed by atoms with Crippen molar-refractivity contribution < 1.29 is 14.1 Å². The van der Waals surface area contributed by atoms with Gasteiger partial charge in [-0.25, -0.2) is 0 Å². The highest BCUT2D eigenvalue weighted by Gasteiger charge is 2.34. The molecule has 0 bridgehead atoms. The molecule has 19 heavy (non-hydrogen) atoms. The highest BCUT2D eigenvalue weighted by Crippen LogP contribution is 2.22. The molecule has 2 rings (SSSR count). The second kappa shape index (κ2) is 5.28. The zero-order valence-corrected chi connectivity index (χ0v) is 12.0. The third-order valence-electron chi connectivity index (χ3n) is 2.96. The second-order valence-electron chi connectivity index (χ2n) is 5.89. The van der Waals surface area contributed by atoms with Crippen LogP contribution in [0.3, 0.4) is 0 Å². The Morgan fingerprint density at radius 2 is 2.26 bits per heavy atom. The summed E-state index contributed by atoms with van der Waals surface area (Å²) < 4.78 is 10.4. The molecule has 0 saturated carbocycles. The molecule has 0 unspecified atom stereocenters. The van der Waals surface area contributed by atoms with Crippen molar-refractivity contribution in [3.8, 4) is 0 Å². The molecular weight excluding hydrogens is 246 g/mol. The first-order valence-corrected chi connectivity index (χ1v) is 6.61. The molecule has 1 aromatic rings. The SMILES string of the molecule is Cc1nc(CN2CCC[C@H]2C(=O)OC(C)(C)C)no1. The molecule has 1 atom stereocenters. The van der Waals surface area contributed by atoms with E-state index in [0.29, 0.717) is 18.3 Å². The zero-order chi connectivity index (χ0) is 14.0. The van der Waals surface area contributed by atoms with Crippen LogP contribution in [-0.4, -0.2) is 39.2 Å². The molecule has 0 N–H and O–H groups in total. The molecule has 6 heteroatoms. The van der Waals surface area contributed by atoms with Crippen LogP contribution in [0.15, 0.2) is 4.52 Å². The Hall–Kier alpha value is -1.43. The first kappa shape index (κ1) is 14.0. The number of nitrogens with zero attached hydrogens (tertiary/aromatic N) is 3. The van der Waals surface area contributed by atoms with Crippen LogP contribution in [0, 0.1) is 6.92 Å². The summed E-state index contributed by atoms with van der Waals surface area (Å²) in [5.74, 6) is 1.00. The summed E-state index contributed by atoms with van der Waals surface area (Å²) in [6, 6.07) is -0.196. The minimum absolute atomic E-state index is 0.162. The van der Waals surface area contributed by atoms with Gasteiger partial charge in [-0.1, -0.05) is 5.16 Å². The number of hydrogen-bond donors (Lipinski definition) is 0. The lowest BCUT2D eigenvalue weighted by molar-refractivity contribution is -0.160. The number of hydrogen-bond acceptors (Lipinski definition) is 6. The summed E-state index contributed by atoms with van der Waals surface area (Å²) in [7, 11) is 0. The smallest absolute Gasteiger partial charge is 0.323 e. The molecule has 1 aliphatic rings. The average molecular weight is 267 g/mol. The lowest BCUT2D eigenvalue weighted by Crippen LogP contribution is -2.40. The van der Waals surface area contributed by atoms with Gasteiger partial charge in [0.05, 0.1) is 6.54 Å². The molecule has 6 nitrogen and oxygen atoms in total. The van der Waals surface area contributed by atoms with Crippen molar-refractivity contribution in [3.05, 3.63) is 11.7 Å². The normalized spacial score (nSPS) is 20.7. The van der Waals surface area contributed by atoms with E-state index in [0.717, 1.165) is 19.4 Å². The third-order valence-corrected chi connectivity index (χ3v) is 2.96. The first-order chi connectivity index (χ1) is 8.85. The molecule has 106 valence electrons. The quantitative estimate of drug-likeness (QED) is 0.776. The molecule has 0 radical (unpaired) electrons. The fraction of sp³-hybridized carbons (Fsp3) is 0.769. The van der Waals surface area contributed by atoms with Crippen molar-refractivity contribution in [1.82, 2.24) is 15.0 Å². The van der Waals surface area contributed by atoms with E-state index in [2.05, 4.69) is 15.0 Å². The lowest BCUT2D eigenvalue weighted by Gasteiger charge is -2.26. The van der Waals surface area contributed by atoms with Crippen LogP contribution in [0.2, 0.25) is 0 Å². The predicted octanol–water partition coefficient (Wildman–Crippen LogP) is 1.68. The average Bonchev–Trinajstić information content (AvgIpc) is 2.86. The van der Waals surface area contributed by atoms with E-state index in [1.54, 1.807) is 6.92 Å². The summed E-state index contributed by atoms with van der Waals surface area (Å²) in [5, 5.41) is 3.87. The number of carbonyl (C=O) groups is 1. The van der Waals surface area contributed by atoms with E-state index in [-0.39, 0.29) is 12.0 Å². The van der Waals surface area contributed by atoms with Gasteiger partial charge in [-0.2, -0.15) is 4.98 Å². The molecule has 1 fully saturated rings. The van der Waals surface area contributed by atoms with Gasteiger partial charge in [0.1, 0.15) is 11.6 Å². The summed E-state index contributed by atoms with van der Waals surface area (Å²) >= 11 is 0. The van der Waals surface area contributed by atoms with E-state index < -0.39 is 5.60 Å². The Bertz CT molecular complexity index is 450. The Morgan fingerprint density at radius 3 is 2.84 bits per heavy atom. The topological polar surface area (TPSA) is 68.5 Å². The van der Waals surface area contributed by atoms with Crippen LogP contribution >= 0.6 is 0 Å². The number of ether oxygens (including phenoxy) is 1. The van der Waals surface area contributed by atoms with Crippen LogP contribution in [0.5, 0.6) is 0 Å². The number of aryl methyl sites for hydroxylation is 1. The molecule has 1 saturated heterocycles. The minimum atomic E-state index is -0.450. The fourth-order valence-corrected chi connectivity index (χ4v) is 2.24. The van der Waals surface area contributed by atoms with Crippen molar-refractivity contribution in [3.63, 3.8) is 0 Å². The molecule has 0 spiro atoms. The maximum Gasteiger partial charge on any atom is 0.323 e. The van der Waals surface area contributed by atoms with Crippen LogP contribution in [0.25, 0.3) is 0 Å². The van der Waals surface area contributed by atoms with Crippen molar-refractivity contribution in [2.24, 2.45) is 0 Å². The number of rotatable bonds is 3. The van der Waals surface area contributed by atoms with Crippen LogP contribution in [0.4, 0.5) is 0 Å². The van der Waals surface area contributed by atoms with Gasteiger partial charge < -0.3 is 9.26 Å².